The lowest BCUT2D eigenvalue weighted by Gasteiger charge is -2.40. The quantitative estimate of drug-likeness (QED) is 0.436. The van der Waals surface area contributed by atoms with Crippen LogP contribution in [0.4, 0.5) is 43.4 Å². The number of benzene rings is 2. The molecule has 0 radical (unpaired) electrons. The van der Waals surface area contributed by atoms with E-state index >= 15 is 0 Å². The molecule has 2 N–H and O–H groups in total. The number of aromatic nitrogens is 1. The molecule has 5 rings (SSSR count). The minimum atomic E-state index is -5.06. The van der Waals surface area contributed by atoms with E-state index in [1.54, 1.807) is 0 Å². The zero-order chi connectivity index (χ0) is 25.8. The number of carbonyl (C=O) groups excluding carboxylic acids is 1. The maximum Gasteiger partial charge on any atom is 0.419 e. The maximum absolute atomic E-state index is 14.9. The molecule has 2 aliphatic heterocycles. The third-order valence-electron chi connectivity index (χ3n) is 6.25. The van der Waals surface area contributed by atoms with E-state index in [1.165, 1.54) is 28.0 Å². The van der Waals surface area contributed by atoms with Crippen LogP contribution in [0.15, 0.2) is 41.2 Å². The van der Waals surface area contributed by atoms with E-state index in [0.717, 1.165) is 6.07 Å². The first-order valence-corrected chi connectivity index (χ1v) is 11.0. The van der Waals surface area contributed by atoms with Crippen molar-refractivity contribution >= 4 is 23.0 Å². The normalized spacial score (nSPS) is 16.0. The van der Waals surface area contributed by atoms with Crippen LogP contribution in [0, 0.1) is 17.5 Å². The summed E-state index contributed by atoms with van der Waals surface area (Å²) in [6.45, 7) is -0.226. The number of aromatic amines is 1. The molecule has 2 aliphatic rings. The van der Waals surface area contributed by atoms with Crippen molar-refractivity contribution in [2.24, 2.45) is 0 Å². The summed E-state index contributed by atoms with van der Waals surface area (Å²) in [5.41, 5.74) is -2.20. The van der Waals surface area contributed by atoms with Gasteiger partial charge in [-0.05, 0) is 49.7 Å². The summed E-state index contributed by atoms with van der Waals surface area (Å²) in [7, 11) is 0. The summed E-state index contributed by atoms with van der Waals surface area (Å²) in [6.07, 6.45) is -4.30. The molecule has 12 heteroatoms. The van der Waals surface area contributed by atoms with Crippen molar-refractivity contribution in [2.75, 3.05) is 23.0 Å². The summed E-state index contributed by atoms with van der Waals surface area (Å²) in [6, 6.07) is 5.60. The number of alkyl halides is 3. The number of H-pyrrole nitrogens is 1. The van der Waals surface area contributed by atoms with Crippen LogP contribution in [0.3, 0.4) is 0 Å². The van der Waals surface area contributed by atoms with E-state index in [2.05, 4.69) is 10.3 Å². The van der Waals surface area contributed by atoms with Crippen LogP contribution in [-0.2, 0) is 19.1 Å². The Kier molecular flexibility index (Phi) is 5.78. The molecule has 0 atom stereocenters. The molecule has 6 nitrogen and oxygen atoms in total. The fraction of sp³-hybridized carbons (Fsp3) is 0.250. The number of fused-ring (bicyclic) bond motifs is 8. The molecule has 0 aliphatic carbocycles. The molecule has 1 aromatic heterocycles. The van der Waals surface area contributed by atoms with E-state index in [-0.39, 0.29) is 29.2 Å². The number of hydrogen-bond donors (Lipinski definition) is 2. The summed E-state index contributed by atoms with van der Waals surface area (Å²) >= 11 is 0. The third kappa shape index (κ3) is 4.00. The average molecular weight is 508 g/mol. The third-order valence-corrected chi connectivity index (χ3v) is 6.25. The summed E-state index contributed by atoms with van der Waals surface area (Å²) < 4.78 is 84.2. The number of halogens is 6. The van der Waals surface area contributed by atoms with E-state index in [4.69, 9.17) is 0 Å². The number of aryl methyl sites for hydroxylation is 1. The number of nitrogens with zero attached hydrogens (tertiary/aromatic N) is 2. The Morgan fingerprint density at radius 1 is 0.861 bits per heavy atom. The topological polar surface area (TPSA) is 68.4 Å². The maximum atomic E-state index is 14.9. The predicted octanol–water partition coefficient (Wildman–Crippen LogP) is 4.60. The first-order valence-electron chi connectivity index (χ1n) is 11.0. The Balaban J connectivity index is 1.80. The van der Waals surface area contributed by atoms with Gasteiger partial charge in [0, 0.05) is 23.9 Å². The summed E-state index contributed by atoms with van der Waals surface area (Å²) in [5.74, 6) is -4.79. The minimum absolute atomic E-state index is 0.00595. The van der Waals surface area contributed by atoms with Crippen molar-refractivity contribution in [1.29, 1.82) is 0 Å². The highest BCUT2D eigenvalue weighted by molar-refractivity contribution is 6.13. The van der Waals surface area contributed by atoms with Gasteiger partial charge in [0.15, 0.2) is 11.6 Å². The zero-order valence-electron chi connectivity index (χ0n) is 18.5. The fourth-order valence-electron chi connectivity index (χ4n) is 4.55. The molecule has 2 bridgehead atoms. The Morgan fingerprint density at radius 2 is 1.61 bits per heavy atom. The van der Waals surface area contributed by atoms with Gasteiger partial charge in [0.05, 0.1) is 28.2 Å². The molecule has 0 fully saturated rings. The van der Waals surface area contributed by atoms with Gasteiger partial charge in [-0.15, -0.1) is 0 Å². The predicted molar refractivity (Wildman–Crippen MR) is 119 cm³/mol. The highest BCUT2D eigenvalue weighted by Gasteiger charge is 2.40. The second-order valence-electron chi connectivity index (χ2n) is 8.48. The van der Waals surface area contributed by atoms with Crippen molar-refractivity contribution < 1.29 is 31.1 Å². The first kappa shape index (κ1) is 23.9. The van der Waals surface area contributed by atoms with Crippen molar-refractivity contribution in [3.63, 3.8) is 0 Å². The monoisotopic (exact) mass is 508 g/mol. The largest absolute Gasteiger partial charge is 0.419 e. The molecule has 36 heavy (non-hydrogen) atoms. The van der Waals surface area contributed by atoms with Crippen LogP contribution in [0.1, 0.15) is 33.6 Å². The highest BCUT2D eigenvalue weighted by Crippen LogP contribution is 2.43. The summed E-state index contributed by atoms with van der Waals surface area (Å²) in [5, 5.41) is 2.98. The second-order valence-corrected chi connectivity index (χ2v) is 8.48. The van der Waals surface area contributed by atoms with Gasteiger partial charge < -0.3 is 15.2 Å². The van der Waals surface area contributed by atoms with Gasteiger partial charge >= 0.3 is 6.18 Å². The van der Waals surface area contributed by atoms with Gasteiger partial charge in [-0.3, -0.25) is 14.5 Å². The average Bonchev–Trinajstić information content (AvgIpc) is 2.81. The Morgan fingerprint density at radius 3 is 2.36 bits per heavy atom. The van der Waals surface area contributed by atoms with Crippen molar-refractivity contribution in [1.82, 2.24) is 10.3 Å². The number of anilines is 3. The standard InChI is InChI=1S/C24H18F6N4O2/c25-15-3-4-18-13(22(15)27)10-31-7-1-2-17-19(5-6-21(35)32-17)34-11-33(18)20-9-14(24(28,29)30)16(26)8-12(20)23(34)36/h3-6,8-9,31H,1-2,7,10-11H2,(H,32,35). The molecule has 3 heterocycles. The second kappa shape index (κ2) is 8.70. The number of rotatable bonds is 0. The highest BCUT2D eigenvalue weighted by atomic mass is 19.4. The van der Waals surface area contributed by atoms with Crippen LogP contribution in [-0.4, -0.2) is 24.1 Å². The molecule has 3 aromatic rings. The van der Waals surface area contributed by atoms with Crippen LogP contribution < -0.4 is 20.7 Å². The number of nitrogens with one attached hydrogen (secondary N) is 2. The van der Waals surface area contributed by atoms with E-state index in [0.29, 0.717) is 37.2 Å². The summed E-state index contributed by atoms with van der Waals surface area (Å²) in [4.78, 5) is 30.5. The van der Waals surface area contributed by atoms with Crippen molar-refractivity contribution in [3.8, 4) is 0 Å². The van der Waals surface area contributed by atoms with Crippen LogP contribution in [0.25, 0.3) is 0 Å². The Labute approximate surface area is 200 Å². The van der Waals surface area contributed by atoms with Crippen molar-refractivity contribution in [2.45, 2.75) is 25.6 Å². The molecular weight excluding hydrogens is 490 g/mol. The van der Waals surface area contributed by atoms with E-state index < -0.39 is 52.9 Å². The van der Waals surface area contributed by atoms with Crippen LogP contribution >= 0.6 is 0 Å². The van der Waals surface area contributed by atoms with Gasteiger partial charge in [-0.1, -0.05) is 0 Å². The van der Waals surface area contributed by atoms with Gasteiger partial charge in [0.25, 0.3) is 5.91 Å². The molecule has 2 aromatic carbocycles. The van der Waals surface area contributed by atoms with Gasteiger partial charge in [-0.2, -0.15) is 13.2 Å². The van der Waals surface area contributed by atoms with E-state index in [9.17, 15) is 35.9 Å². The lowest BCUT2D eigenvalue weighted by atomic mass is 10.0. The fourth-order valence-corrected chi connectivity index (χ4v) is 4.55. The van der Waals surface area contributed by atoms with Gasteiger partial charge in [0.1, 0.15) is 12.5 Å². The van der Waals surface area contributed by atoms with Gasteiger partial charge in [0.2, 0.25) is 5.56 Å². The zero-order valence-corrected chi connectivity index (χ0v) is 18.5. The molecule has 188 valence electrons. The van der Waals surface area contributed by atoms with Gasteiger partial charge in [-0.25, -0.2) is 13.2 Å². The SMILES string of the molecule is O=C1c2cc(F)c(C(F)(F)F)cc2N2CN1c1ccc(=O)[nH]c1CCCNCc1c2ccc(F)c1F. The number of amides is 1. The molecule has 0 spiro atoms. The molecule has 0 saturated heterocycles. The lowest BCUT2D eigenvalue weighted by Crippen LogP contribution is -2.46. The van der Waals surface area contributed by atoms with Crippen molar-refractivity contribution in [3.05, 3.63) is 86.6 Å². The molecule has 0 unspecified atom stereocenters. The lowest BCUT2D eigenvalue weighted by molar-refractivity contribution is -0.139. The Hall–Kier alpha value is -3.80. The number of hydrogen-bond acceptors (Lipinski definition) is 4. The van der Waals surface area contributed by atoms with Crippen LogP contribution in [0.2, 0.25) is 0 Å². The smallest absolute Gasteiger partial charge is 0.324 e. The first-order chi connectivity index (χ1) is 17.1. The molecule has 0 saturated carbocycles. The molecular formula is C24H18F6N4O2. The minimum Gasteiger partial charge on any atom is -0.324 e. The Bertz CT molecular complexity index is 1440. The number of pyridine rings is 1. The van der Waals surface area contributed by atoms with E-state index in [1.807, 2.05) is 0 Å². The molecule has 1 amide bonds. The number of carbonyl (C=O) groups is 1. The van der Waals surface area contributed by atoms with Crippen LogP contribution in [0.5, 0.6) is 0 Å².